The van der Waals surface area contributed by atoms with Crippen molar-refractivity contribution in [1.82, 2.24) is 0 Å². The summed E-state index contributed by atoms with van der Waals surface area (Å²) in [6.07, 6.45) is 0. The molecule has 0 heterocycles. The van der Waals surface area contributed by atoms with Crippen LogP contribution in [0.15, 0.2) is 0 Å². The Morgan fingerprint density at radius 2 is 1.12 bits per heavy atom. The number of rotatable bonds is 0. The van der Waals surface area contributed by atoms with Gasteiger partial charge in [-0.15, -0.1) is 0 Å². The molecule has 0 aliphatic rings. The Kier molecular flexibility index (Phi) is 26.0. The second-order valence-electron chi connectivity index (χ2n) is 0.448. The molecule has 0 saturated heterocycles. The molecular formula is H9BBaMgO4S. The van der Waals surface area contributed by atoms with Crippen LogP contribution < -0.4 is 0 Å². The van der Waals surface area contributed by atoms with Gasteiger partial charge in [0.2, 0.25) is 0 Å². The van der Waals surface area contributed by atoms with E-state index in [1.54, 1.807) is 0 Å². The summed E-state index contributed by atoms with van der Waals surface area (Å²) in [5.41, 5.74) is 0. The predicted molar refractivity (Wildman–Crippen MR) is 41.2 cm³/mol. The molecule has 0 atom stereocenters. The van der Waals surface area contributed by atoms with Gasteiger partial charge in [-0.05, 0) is 0 Å². The first-order valence-corrected chi connectivity index (χ1v) is 2.10. The minimum atomic E-state index is -4.67. The van der Waals surface area contributed by atoms with E-state index in [0.717, 1.165) is 0 Å². The summed E-state index contributed by atoms with van der Waals surface area (Å²) in [4.78, 5) is 0. The van der Waals surface area contributed by atoms with Gasteiger partial charge in [0.1, 0.15) is 0 Å². The summed E-state index contributed by atoms with van der Waals surface area (Å²) in [6, 6.07) is 0. The molecule has 0 bridgehead atoms. The molecule has 0 aromatic rings. The molecule has 0 aromatic carbocycles. The standard InChI is InChI=1S/BH3.Ba.Mg.H2O4S.4H/c;;;1-5(2,3)4;;;;/h1H3;;;(H2,1,2,3,4);;;;. The van der Waals surface area contributed by atoms with Crippen LogP contribution in [0.4, 0.5) is 0 Å². The summed E-state index contributed by atoms with van der Waals surface area (Å²) >= 11 is 0. The van der Waals surface area contributed by atoms with Crippen LogP contribution in [0.3, 0.4) is 0 Å². The van der Waals surface area contributed by atoms with Crippen LogP contribution in [0.25, 0.3) is 0 Å². The number of hydrogen-bond donors (Lipinski definition) is 2. The maximum Gasteiger partial charge on any atom is 0.316 e. The van der Waals surface area contributed by atoms with Crippen molar-refractivity contribution in [3.8, 4) is 0 Å². The van der Waals surface area contributed by atoms with E-state index >= 15 is 0 Å². The molecule has 0 unspecified atom stereocenters. The first-order valence-electron chi connectivity index (χ1n) is 0.698. The van der Waals surface area contributed by atoms with Gasteiger partial charge in [-0.3, -0.25) is 9.11 Å². The van der Waals surface area contributed by atoms with E-state index in [9.17, 15) is 0 Å². The largest absolute Gasteiger partial charge is 0.316 e. The van der Waals surface area contributed by atoms with Crippen molar-refractivity contribution >= 4 is 90.7 Å². The van der Waals surface area contributed by atoms with Gasteiger partial charge in [0.25, 0.3) is 0 Å². The van der Waals surface area contributed by atoms with Crippen molar-refractivity contribution < 1.29 is 17.5 Å². The first kappa shape index (κ1) is 22.4. The first-order chi connectivity index (χ1) is 2.00. The molecule has 46 valence electrons. The Bertz CT molecular complexity index is 99.2. The summed E-state index contributed by atoms with van der Waals surface area (Å²) in [5.74, 6) is 0. The summed E-state index contributed by atoms with van der Waals surface area (Å²) in [7, 11) is -4.67. The maximum absolute atomic E-state index is 8.74. The maximum atomic E-state index is 8.74. The quantitative estimate of drug-likeness (QED) is 0.353. The molecule has 4 nitrogen and oxygen atoms in total. The van der Waals surface area contributed by atoms with Crippen molar-refractivity contribution in [2.75, 3.05) is 0 Å². The summed E-state index contributed by atoms with van der Waals surface area (Å²) in [5, 5.41) is 0. The van der Waals surface area contributed by atoms with Crippen LogP contribution in [0, 0.1) is 0 Å². The Morgan fingerprint density at radius 1 is 1.12 bits per heavy atom. The van der Waals surface area contributed by atoms with Gasteiger partial charge in [0.15, 0.2) is 0 Å². The third kappa shape index (κ3) is 84.7. The van der Waals surface area contributed by atoms with Gasteiger partial charge in [0.05, 0.1) is 8.41 Å². The Morgan fingerprint density at radius 3 is 1.12 bits per heavy atom. The molecule has 0 aromatic heterocycles. The zero-order valence-corrected chi connectivity index (χ0v) is 2.94. The van der Waals surface area contributed by atoms with Crippen LogP contribution in [0.1, 0.15) is 0 Å². The van der Waals surface area contributed by atoms with E-state index < -0.39 is 10.4 Å². The summed E-state index contributed by atoms with van der Waals surface area (Å²) < 4.78 is 31.6. The average molecular weight is 278 g/mol. The van der Waals surface area contributed by atoms with Crippen molar-refractivity contribution in [1.29, 1.82) is 0 Å². The molecular weight excluding hydrogens is 269 g/mol. The molecule has 0 spiro atoms. The van der Waals surface area contributed by atoms with Crippen LogP contribution >= 0.6 is 0 Å². The van der Waals surface area contributed by atoms with Crippen LogP contribution in [-0.4, -0.2) is 97.9 Å². The van der Waals surface area contributed by atoms with E-state index in [0.29, 0.717) is 0 Å². The van der Waals surface area contributed by atoms with Gasteiger partial charge in [-0.25, -0.2) is 0 Å². The Labute approximate surface area is 106 Å². The Balaban J connectivity index is -0.0000000267. The molecule has 0 aliphatic carbocycles. The fourth-order valence-corrected chi connectivity index (χ4v) is 0. The van der Waals surface area contributed by atoms with E-state index in [1.807, 2.05) is 0 Å². The molecule has 0 rings (SSSR count). The second-order valence-corrected chi connectivity index (χ2v) is 1.34. The molecule has 0 aliphatic heterocycles. The minimum absolute atomic E-state index is 0. The van der Waals surface area contributed by atoms with Crippen molar-refractivity contribution in [2.45, 2.75) is 0 Å². The molecule has 8 heteroatoms. The topological polar surface area (TPSA) is 74.6 Å². The summed E-state index contributed by atoms with van der Waals surface area (Å²) in [6.45, 7) is 0. The smallest absolute Gasteiger partial charge is 0.316 e. The average Bonchev–Trinajstić information content (AvgIpc) is 0.722. The zero-order chi connectivity index (χ0) is 4.50. The predicted octanol–water partition coefficient (Wildman–Crippen LogP) is -3.67. The fraction of sp³-hybridized carbons (Fsp3) is 0. The van der Waals surface area contributed by atoms with Crippen molar-refractivity contribution in [2.24, 2.45) is 0 Å². The normalized spacial score (nSPS) is 7.25. The molecule has 0 amide bonds. The Hall–Kier alpha value is 2.27. The zero-order valence-electron chi connectivity index (χ0n) is 2.12. The SMILES string of the molecule is B.O=S(=O)(O)O.[BaH2].[MgH2]. The fourth-order valence-electron chi connectivity index (χ4n) is 0. The molecule has 0 radical (unpaired) electrons. The van der Waals surface area contributed by atoms with Gasteiger partial charge in [-0.1, -0.05) is 0 Å². The van der Waals surface area contributed by atoms with Gasteiger partial charge in [-0.2, -0.15) is 8.42 Å². The van der Waals surface area contributed by atoms with E-state index in [-0.39, 0.29) is 80.3 Å². The minimum Gasteiger partial charge on any atom is 0.316 e. The van der Waals surface area contributed by atoms with E-state index in [1.165, 1.54) is 0 Å². The van der Waals surface area contributed by atoms with Gasteiger partial charge in [0, 0.05) is 0 Å². The van der Waals surface area contributed by atoms with Crippen molar-refractivity contribution in [3.63, 3.8) is 0 Å². The van der Waals surface area contributed by atoms with E-state index in [4.69, 9.17) is 17.5 Å². The third-order valence-electron chi connectivity index (χ3n) is 0. The van der Waals surface area contributed by atoms with Crippen LogP contribution in [-0.2, 0) is 10.4 Å². The van der Waals surface area contributed by atoms with Gasteiger partial charge >= 0.3 is 82.3 Å². The molecule has 2 N–H and O–H groups in total. The van der Waals surface area contributed by atoms with E-state index in [2.05, 4.69) is 0 Å². The van der Waals surface area contributed by atoms with Crippen LogP contribution in [0.5, 0.6) is 0 Å². The molecule has 8 heavy (non-hydrogen) atoms. The van der Waals surface area contributed by atoms with Crippen LogP contribution in [0.2, 0.25) is 0 Å². The molecule has 0 saturated carbocycles. The molecule has 0 fully saturated rings. The van der Waals surface area contributed by atoms with Gasteiger partial charge < -0.3 is 0 Å². The van der Waals surface area contributed by atoms with Crippen molar-refractivity contribution in [3.05, 3.63) is 0 Å². The third-order valence-corrected chi connectivity index (χ3v) is 0. The monoisotopic (exact) mass is 278 g/mol. The second kappa shape index (κ2) is 9.27. The number of hydrogen-bond acceptors (Lipinski definition) is 2.